The Balaban J connectivity index is 1.88. The Morgan fingerprint density at radius 1 is 1.23 bits per heavy atom. The normalized spacial score (nSPS) is 35.5. The largest absolute Gasteiger partial charge is 0.359 e. The summed E-state index contributed by atoms with van der Waals surface area (Å²) in [5.74, 6) is 0.629. The van der Waals surface area contributed by atoms with Gasteiger partial charge in [-0.2, -0.15) is 4.31 Å². The summed E-state index contributed by atoms with van der Waals surface area (Å²) >= 11 is 0. The first kappa shape index (κ1) is 20.5. The van der Waals surface area contributed by atoms with E-state index in [1.807, 2.05) is 0 Å². The van der Waals surface area contributed by atoms with Crippen molar-refractivity contribution in [3.63, 3.8) is 0 Å². The lowest BCUT2D eigenvalue weighted by molar-refractivity contribution is -0.146. The minimum atomic E-state index is -3.42. The Kier molecular flexibility index (Phi) is 5.72. The number of rotatable bonds is 7. The molecule has 2 aliphatic carbocycles. The van der Waals surface area contributed by atoms with E-state index in [2.05, 4.69) is 19.6 Å². The molecule has 4 atom stereocenters. The van der Waals surface area contributed by atoms with Crippen LogP contribution >= 0.6 is 0 Å². The number of Topliss-reactive ketones (excluding diaryl/α,β-unsaturated/α-hetero) is 1. The molecule has 150 valence electrons. The lowest BCUT2D eigenvalue weighted by atomic mass is 9.64. The fraction of sp³-hybridized carbons (Fsp3) is 0.944. The molecule has 1 spiro atoms. The number of sulfonamides is 1. The number of hydrogen-bond donors (Lipinski definition) is 0. The summed E-state index contributed by atoms with van der Waals surface area (Å²) in [6.07, 6.45) is 3.91. The molecule has 1 heterocycles. The lowest BCUT2D eigenvalue weighted by Gasteiger charge is -2.45. The number of carbonyl (C=O) groups is 1. The molecule has 2 saturated carbocycles. The Labute approximate surface area is 158 Å². The molecule has 0 aromatic heterocycles. The fourth-order valence-corrected chi connectivity index (χ4v) is 10.0. The van der Waals surface area contributed by atoms with Crippen molar-refractivity contribution in [3.05, 3.63) is 0 Å². The Hall–Kier alpha value is -0.283. The van der Waals surface area contributed by atoms with Crippen LogP contribution < -0.4 is 0 Å². The summed E-state index contributed by atoms with van der Waals surface area (Å²) in [5.41, 5.74) is -0.347. The first-order chi connectivity index (χ1) is 12.1. The van der Waals surface area contributed by atoms with E-state index in [0.717, 1.165) is 31.7 Å². The van der Waals surface area contributed by atoms with Crippen LogP contribution in [0, 0.1) is 11.3 Å². The summed E-state index contributed by atoms with van der Waals surface area (Å²) in [6.45, 7) is 7.19. The monoisotopic (exact) mass is 403 g/mol. The second-order valence-corrected chi connectivity index (χ2v) is 17.0. The van der Waals surface area contributed by atoms with Gasteiger partial charge in [0, 0.05) is 33.6 Å². The standard InChI is InChI=1S/C18H33NO5SSi/c1-23-13-24-16-8-6-14-5-7-15(20)17-18(14,16)9-10-19(17)25(21,22)11-12-26(2,3)4/h14,16-17H,5-13H2,1-4H3/t14-,16+,17+,18-/m1/s1. The van der Waals surface area contributed by atoms with E-state index >= 15 is 0 Å². The van der Waals surface area contributed by atoms with Crippen LogP contribution in [0.3, 0.4) is 0 Å². The van der Waals surface area contributed by atoms with Crippen molar-refractivity contribution < 1.29 is 22.7 Å². The van der Waals surface area contributed by atoms with Crippen molar-refractivity contribution in [3.8, 4) is 0 Å². The molecule has 0 aromatic rings. The van der Waals surface area contributed by atoms with E-state index in [1.54, 1.807) is 11.4 Å². The Morgan fingerprint density at radius 3 is 2.62 bits per heavy atom. The van der Waals surface area contributed by atoms with Crippen LogP contribution in [-0.4, -0.2) is 64.9 Å². The zero-order valence-electron chi connectivity index (χ0n) is 16.5. The molecule has 1 aliphatic heterocycles. The van der Waals surface area contributed by atoms with E-state index < -0.39 is 24.1 Å². The fourth-order valence-electron chi connectivity index (χ4n) is 5.32. The summed E-state index contributed by atoms with van der Waals surface area (Å²) in [7, 11) is -3.30. The van der Waals surface area contributed by atoms with Crippen LogP contribution in [0.25, 0.3) is 0 Å². The summed E-state index contributed by atoms with van der Waals surface area (Å²) in [4.78, 5) is 12.9. The van der Waals surface area contributed by atoms with Gasteiger partial charge in [-0.25, -0.2) is 8.42 Å². The third-order valence-electron chi connectivity index (χ3n) is 6.60. The second kappa shape index (κ2) is 7.27. The predicted molar refractivity (Wildman–Crippen MR) is 103 cm³/mol. The number of nitrogens with zero attached hydrogens (tertiary/aromatic N) is 1. The van der Waals surface area contributed by atoms with Gasteiger partial charge in [0.05, 0.1) is 17.9 Å². The third-order valence-corrected chi connectivity index (χ3v) is 10.5. The zero-order chi connectivity index (χ0) is 19.2. The van der Waals surface area contributed by atoms with Gasteiger partial charge in [0.25, 0.3) is 0 Å². The quantitative estimate of drug-likeness (QED) is 0.482. The maximum absolute atomic E-state index is 13.1. The molecule has 0 amide bonds. The van der Waals surface area contributed by atoms with Gasteiger partial charge in [-0.15, -0.1) is 0 Å². The minimum Gasteiger partial charge on any atom is -0.359 e. The molecular formula is C18H33NO5SSi. The van der Waals surface area contributed by atoms with Crippen molar-refractivity contribution in [2.45, 2.75) is 69.9 Å². The molecule has 6 nitrogen and oxygen atoms in total. The smallest absolute Gasteiger partial charge is 0.214 e. The van der Waals surface area contributed by atoms with Crippen LogP contribution in [0.1, 0.15) is 32.1 Å². The van der Waals surface area contributed by atoms with Crippen molar-refractivity contribution in [1.29, 1.82) is 0 Å². The molecule has 3 fully saturated rings. The lowest BCUT2D eigenvalue weighted by Crippen LogP contribution is -2.56. The molecule has 1 saturated heterocycles. The van der Waals surface area contributed by atoms with Gasteiger partial charge in [-0.3, -0.25) is 4.79 Å². The number of ketones is 1. The van der Waals surface area contributed by atoms with Crippen molar-refractivity contribution in [2.24, 2.45) is 11.3 Å². The molecule has 26 heavy (non-hydrogen) atoms. The van der Waals surface area contributed by atoms with Gasteiger partial charge in [0.1, 0.15) is 6.79 Å². The van der Waals surface area contributed by atoms with Crippen molar-refractivity contribution >= 4 is 23.9 Å². The highest BCUT2D eigenvalue weighted by Crippen LogP contribution is 2.59. The number of ether oxygens (including phenoxy) is 2. The highest BCUT2D eigenvalue weighted by atomic mass is 32.2. The average molecular weight is 404 g/mol. The van der Waals surface area contributed by atoms with E-state index in [9.17, 15) is 13.2 Å². The highest BCUT2D eigenvalue weighted by Gasteiger charge is 2.65. The maximum Gasteiger partial charge on any atom is 0.214 e. The van der Waals surface area contributed by atoms with Gasteiger partial charge in [-0.1, -0.05) is 19.6 Å². The summed E-state index contributed by atoms with van der Waals surface area (Å²) in [6, 6.07) is 0.199. The zero-order valence-corrected chi connectivity index (χ0v) is 18.3. The molecule has 0 unspecified atom stereocenters. The summed E-state index contributed by atoms with van der Waals surface area (Å²) in [5, 5.41) is 0. The van der Waals surface area contributed by atoms with E-state index in [-0.39, 0.29) is 29.8 Å². The second-order valence-electron chi connectivity index (χ2n) is 9.34. The molecule has 0 aromatic carbocycles. The average Bonchev–Trinajstić information content (AvgIpc) is 3.13. The molecule has 0 N–H and O–H groups in total. The predicted octanol–water partition coefficient (Wildman–Crippen LogP) is 2.48. The summed E-state index contributed by atoms with van der Waals surface area (Å²) < 4.78 is 38.8. The number of methoxy groups -OCH3 is 1. The number of carbonyl (C=O) groups excluding carboxylic acids is 1. The molecule has 0 radical (unpaired) electrons. The van der Waals surface area contributed by atoms with Crippen molar-refractivity contribution in [2.75, 3.05) is 26.2 Å². The van der Waals surface area contributed by atoms with Crippen molar-refractivity contribution in [1.82, 2.24) is 4.31 Å². The van der Waals surface area contributed by atoms with Gasteiger partial charge >= 0.3 is 0 Å². The van der Waals surface area contributed by atoms with Crippen LogP contribution in [-0.2, 0) is 24.3 Å². The van der Waals surface area contributed by atoms with Gasteiger partial charge < -0.3 is 9.47 Å². The van der Waals surface area contributed by atoms with Crippen LogP contribution in [0.4, 0.5) is 0 Å². The third kappa shape index (κ3) is 3.55. The Bertz CT molecular complexity index is 646. The van der Waals surface area contributed by atoms with Gasteiger partial charge in [0.2, 0.25) is 10.0 Å². The highest BCUT2D eigenvalue weighted by molar-refractivity contribution is 7.89. The van der Waals surface area contributed by atoms with E-state index in [4.69, 9.17) is 9.47 Å². The van der Waals surface area contributed by atoms with Crippen LogP contribution in [0.15, 0.2) is 0 Å². The SMILES string of the molecule is COCO[C@H]1CC[C@H]2CCC(=O)[C@@H]3N(S(=O)(=O)CC[Si](C)(C)C)CC[C@@]213. The number of hydrogen-bond acceptors (Lipinski definition) is 5. The van der Waals surface area contributed by atoms with E-state index in [1.165, 1.54) is 0 Å². The molecule has 0 bridgehead atoms. The minimum absolute atomic E-state index is 0.0844. The van der Waals surface area contributed by atoms with Crippen LogP contribution in [0.5, 0.6) is 0 Å². The first-order valence-electron chi connectivity index (χ1n) is 9.74. The van der Waals surface area contributed by atoms with E-state index in [0.29, 0.717) is 18.9 Å². The molecule has 8 heteroatoms. The maximum atomic E-state index is 13.1. The molecule has 3 rings (SSSR count). The molecule has 3 aliphatic rings. The van der Waals surface area contributed by atoms with Gasteiger partial charge in [-0.05, 0) is 37.6 Å². The molecular weight excluding hydrogens is 370 g/mol. The van der Waals surface area contributed by atoms with Gasteiger partial charge in [0.15, 0.2) is 5.78 Å². The Morgan fingerprint density at radius 2 is 1.96 bits per heavy atom. The first-order valence-corrected chi connectivity index (χ1v) is 15.1. The van der Waals surface area contributed by atoms with Crippen LogP contribution in [0.2, 0.25) is 25.7 Å². The topological polar surface area (TPSA) is 72.9 Å².